The molecule has 0 unspecified atom stereocenters. The zero-order chi connectivity index (χ0) is 16.2. The van der Waals surface area contributed by atoms with E-state index in [1.54, 1.807) is 13.2 Å². The quantitative estimate of drug-likeness (QED) is 0.877. The van der Waals surface area contributed by atoms with E-state index in [1.165, 1.54) is 0 Å². The minimum Gasteiger partial charge on any atom is -0.497 e. The van der Waals surface area contributed by atoms with Gasteiger partial charge in [0, 0.05) is 13.0 Å². The van der Waals surface area contributed by atoms with Gasteiger partial charge in [-0.1, -0.05) is 12.1 Å². The van der Waals surface area contributed by atoms with Crippen LogP contribution in [0.1, 0.15) is 24.8 Å². The number of methoxy groups -OCH3 is 1. The van der Waals surface area contributed by atoms with Crippen LogP contribution in [0.25, 0.3) is 0 Å². The van der Waals surface area contributed by atoms with E-state index in [9.17, 15) is 18.0 Å². The van der Waals surface area contributed by atoms with Crippen LogP contribution in [-0.2, 0) is 11.2 Å². The fourth-order valence-corrected chi connectivity index (χ4v) is 2.55. The second-order valence-corrected chi connectivity index (χ2v) is 5.28. The van der Waals surface area contributed by atoms with E-state index in [4.69, 9.17) is 4.74 Å². The van der Waals surface area contributed by atoms with E-state index in [2.05, 4.69) is 5.43 Å². The SMILES string of the molecule is COc1cccc(CCC[C@H](N2CCC(=O)N2)C(F)(F)F)c1. The summed E-state index contributed by atoms with van der Waals surface area (Å²) in [5.41, 5.74) is 3.22. The first kappa shape index (κ1) is 16.6. The molecule has 2 rings (SSSR count). The average Bonchev–Trinajstić information content (AvgIpc) is 2.88. The fourth-order valence-electron chi connectivity index (χ4n) is 2.55. The summed E-state index contributed by atoms with van der Waals surface area (Å²) in [6, 6.07) is 5.66. The Morgan fingerprint density at radius 2 is 2.18 bits per heavy atom. The predicted molar refractivity (Wildman–Crippen MR) is 75.2 cm³/mol. The topological polar surface area (TPSA) is 41.6 Å². The smallest absolute Gasteiger partial charge is 0.405 e. The van der Waals surface area contributed by atoms with Gasteiger partial charge in [0.2, 0.25) is 5.91 Å². The minimum absolute atomic E-state index is 0.0546. The molecule has 1 amide bonds. The van der Waals surface area contributed by atoms with Crippen LogP contribution >= 0.6 is 0 Å². The normalized spacial score (nSPS) is 17.4. The van der Waals surface area contributed by atoms with Crippen molar-refractivity contribution >= 4 is 5.91 Å². The number of hydrazine groups is 1. The van der Waals surface area contributed by atoms with Gasteiger partial charge in [-0.05, 0) is 37.0 Å². The van der Waals surface area contributed by atoms with E-state index in [0.717, 1.165) is 10.6 Å². The molecule has 1 saturated heterocycles. The molecule has 0 bridgehead atoms. The van der Waals surface area contributed by atoms with Crippen molar-refractivity contribution < 1.29 is 22.7 Å². The first-order valence-corrected chi connectivity index (χ1v) is 7.16. The van der Waals surface area contributed by atoms with Gasteiger partial charge in [-0.25, -0.2) is 5.01 Å². The molecule has 1 N–H and O–H groups in total. The molecule has 22 heavy (non-hydrogen) atoms. The lowest BCUT2D eigenvalue weighted by Crippen LogP contribution is -2.49. The van der Waals surface area contributed by atoms with Crippen molar-refractivity contribution in [2.24, 2.45) is 0 Å². The van der Waals surface area contributed by atoms with Crippen molar-refractivity contribution in [2.75, 3.05) is 13.7 Å². The number of nitrogens with zero attached hydrogens (tertiary/aromatic N) is 1. The summed E-state index contributed by atoms with van der Waals surface area (Å²) in [6.07, 6.45) is -3.38. The van der Waals surface area contributed by atoms with Gasteiger partial charge in [-0.2, -0.15) is 13.2 Å². The Balaban J connectivity index is 1.92. The molecule has 7 heteroatoms. The highest BCUT2D eigenvalue weighted by atomic mass is 19.4. The number of ether oxygens (including phenoxy) is 1. The van der Waals surface area contributed by atoms with Crippen LogP contribution in [0.5, 0.6) is 5.75 Å². The number of benzene rings is 1. The zero-order valence-electron chi connectivity index (χ0n) is 12.3. The van der Waals surface area contributed by atoms with Gasteiger partial charge in [0.1, 0.15) is 11.8 Å². The largest absolute Gasteiger partial charge is 0.497 e. The first-order valence-electron chi connectivity index (χ1n) is 7.16. The molecule has 0 radical (unpaired) electrons. The number of carbonyl (C=O) groups is 1. The van der Waals surface area contributed by atoms with E-state index in [0.29, 0.717) is 18.6 Å². The molecule has 1 aromatic rings. The number of hydrogen-bond acceptors (Lipinski definition) is 3. The van der Waals surface area contributed by atoms with Gasteiger partial charge in [-0.3, -0.25) is 10.2 Å². The molecule has 4 nitrogen and oxygen atoms in total. The van der Waals surface area contributed by atoms with Gasteiger partial charge in [-0.15, -0.1) is 0 Å². The lowest BCUT2D eigenvalue weighted by atomic mass is 10.0. The van der Waals surface area contributed by atoms with Crippen molar-refractivity contribution in [2.45, 2.75) is 37.9 Å². The predicted octanol–water partition coefficient (Wildman–Crippen LogP) is 2.69. The molecule has 0 aromatic heterocycles. The number of alkyl halides is 3. The summed E-state index contributed by atoms with van der Waals surface area (Å²) < 4.78 is 44.5. The summed E-state index contributed by atoms with van der Waals surface area (Å²) >= 11 is 0. The Labute approximate surface area is 127 Å². The van der Waals surface area contributed by atoms with E-state index in [-0.39, 0.29) is 25.3 Å². The number of carbonyl (C=O) groups excluding carboxylic acids is 1. The molecular formula is C15H19F3N2O2. The Morgan fingerprint density at radius 1 is 1.41 bits per heavy atom. The minimum atomic E-state index is -4.36. The van der Waals surface area contributed by atoms with Gasteiger partial charge in [0.15, 0.2) is 0 Å². The standard InChI is InChI=1S/C15H19F3N2O2/c1-22-12-6-2-4-11(10-12)5-3-7-13(15(16,17)18)20-9-8-14(21)19-20/h2,4,6,10,13H,3,5,7-9H2,1H3,(H,19,21)/t13-/m0/s1. The van der Waals surface area contributed by atoms with Crippen LogP contribution in [0, 0.1) is 0 Å². The van der Waals surface area contributed by atoms with E-state index in [1.807, 2.05) is 18.2 Å². The maximum atomic E-state index is 13.1. The molecule has 1 aromatic carbocycles. The molecule has 0 spiro atoms. The monoisotopic (exact) mass is 316 g/mol. The molecule has 122 valence electrons. The van der Waals surface area contributed by atoms with Crippen LogP contribution in [0.15, 0.2) is 24.3 Å². The van der Waals surface area contributed by atoms with E-state index < -0.39 is 12.2 Å². The summed E-state index contributed by atoms with van der Waals surface area (Å²) in [5.74, 6) is 0.332. The number of rotatable bonds is 6. The maximum absolute atomic E-state index is 13.1. The number of hydrogen-bond donors (Lipinski definition) is 1. The molecule has 1 atom stereocenters. The third kappa shape index (κ3) is 4.37. The number of nitrogens with one attached hydrogen (secondary N) is 1. The van der Waals surface area contributed by atoms with Gasteiger partial charge in [0.05, 0.1) is 7.11 Å². The Kier molecular flexibility index (Phi) is 5.28. The summed E-state index contributed by atoms with van der Waals surface area (Å²) in [4.78, 5) is 11.1. The van der Waals surface area contributed by atoms with E-state index >= 15 is 0 Å². The van der Waals surface area contributed by atoms with Crippen LogP contribution in [-0.4, -0.2) is 36.8 Å². The molecule has 1 aliphatic heterocycles. The van der Waals surface area contributed by atoms with Crippen molar-refractivity contribution in [3.63, 3.8) is 0 Å². The van der Waals surface area contributed by atoms with Gasteiger partial charge >= 0.3 is 6.18 Å². The van der Waals surface area contributed by atoms with Crippen molar-refractivity contribution in [1.82, 2.24) is 10.4 Å². The zero-order valence-corrected chi connectivity index (χ0v) is 12.3. The molecule has 1 fully saturated rings. The second kappa shape index (κ2) is 7.00. The fraction of sp³-hybridized carbons (Fsp3) is 0.533. The lowest BCUT2D eigenvalue weighted by Gasteiger charge is -2.28. The molecule has 1 aliphatic rings. The lowest BCUT2D eigenvalue weighted by molar-refractivity contribution is -0.190. The summed E-state index contributed by atoms with van der Waals surface area (Å²) in [6.45, 7) is 0.0994. The number of aryl methyl sites for hydroxylation is 1. The third-order valence-corrected chi connectivity index (χ3v) is 3.68. The Morgan fingerprint density at radius 3 is 2.77 bits per heavy atom. The van der Waals surface area contributed by atoms with Crippen LogP contribution in [0.2, 0.25) is 0 Å². The second-order valence-electron chi connectivity index (χ2n) is 5.28. The Hall–Kier alpha value is -1.76. The summed E-state index contributed by atoms with van der Waals surface area (Å²) in [7, 11) is 1.55. The highest BCUT2D eigenvalue weighted by molar-refractivity contribution is 5.77. The number of amides is 1. The maximum Gasteiger partial charge on any atom is 0.405 e. The van der Waals surface area contributed by atoms with Crippen molar-refractivity contribution in [1.29, 1.82) is 0 Å². The first-order chi connectivity index (χ1) is 10.4. The third-order valence-electron chi connectivity index (χ3n) is 3.68. The van der Waals surface area contributed by atoms with Gasteiger partial charge < -0.3 is 4.74 Å². The van der Waals surface area contributed by atoms with Crippen LogP contribution in [0.4, 0.5) is 13.2 Å². The molecular weight excluding hydrogens is 297 g/mol. The van der Waals surface area contributed by atoms with Gasteiger partial charge in [0.25, 0.3) is 0 Å². The number of halogens is 3. The molecule has 0 saturated carbocycles. The van der Waals surface area contributed by atoms with Crippen LogP contribution < -0.4 is 10.2 Å². The Bertz CT molecular complexity index is 520. The molecule has 1 heterocycles. The van der Waals surface area contributed by atoms with Crippen molar-refractivity contribution in [3.8, 4) is 5.75 Å². The highest BCUT2D eigenvalue weighted by Gasteiger charge is 2.45. The summed E-state index contributed by atoms with van der Waals surface area (Å²) in [5, 5.41) is 1.01. The highest BCUT2D eigenvalue weighted by Crippen LogP contribution is 2.29. The molecule has 0 aliphatic carbocycles. The average molecular weight is 316 g/mol. The van der Waals surface area contributed by atoms with Crippen LogP contribution in [0.3, 0.4) is 0 Å². The van der Waals surface area contributed by atoms with Crippen molar-refractivity contribution in [3.05, 3.63) is 29.8 Å².